The summed E-state index contributed by atoms with van der Waals surface area (Å²) in [6.45, 7) is 0. The van der Waals surface area contributed by atoms with Crippen LogP contribution in [0.4, 0.5) is 13.2 Å². The van der Waals surface area contributed by atoms with Gasteiger partial charge in [-0.25, -0.2) is 4.79 Å². The first-order valence-electron chi connectivity index (χ1n) is 10.2. The zero-order valence-corrected chi connectivity index (χ0v) is 16.5. The molecule has 0 spiro atoms. The average molecular weight is 414 g/mol. The highest BCUT2D eigenvalue weighted by molar-refractivity contribution is 5.86. The van der Waals surface area contributed by atoms with Gasteiger partial charge in [-0.2, -0.15) is 18.3 Å². The lowest BCUT2D eigenvalue weighted by atomic mass is 10.1. The summed E-state index contributed by atoms with van der Waals surface area (Å²) in [5, 5.41) is 12.6. The van der Waals surface area contributed by atoms with Gasteiger partial charge in [0.1, 0.15) is 6.26 Å². The monoisotopic (exact) mass is 414 g/mol. The van der Waals surface area contributed by atoms with Gasteiger partial charge in [-0.1, -0.05) is 32.1 Å². The third-order valence-corrected chi connectivity index (χ3v) is 4.81. The fourth-order valence-electron chi connectivity index (χ4n) is 3.09. The van der Waals surface area contributed by atoms with Crippen molar-refractivity contribution in [1.82, 2.24) is 9.78 Å². The van der Waals surface area contributed by atoms with Crippen LogP contribution >= 0.6 is 0 Å². The van der Waals surface area contributed by atoms with Crippen molar-refractivity contribution >= 4 is 5.97 Å². The Morgan fingerprint density at radius 1 is 1.10 bits per heavy atom. The third-order valence-electron chi connectivity index (χ3n) is 4.81. The lowest BCUT2D eigenvalue weighted by molar-refractivity contribution is -0.135. The van der Waals surface area contributed by atoms with Crippen LogP contribution in [-0.4, -0.2) is 27.0 Å². The Kier molecular flexibility index (Phi) is 9.28. The summed E-state index contributed by atoms with van der Waals surface area (Å²) in [5.41, 5.74) is 1.52. The number of hydrogen-bond acceptors (Lipinski definition) is 3. The Labute approximate surface area is 168 Å². The molecule has 0 bridgehead atoms. The van der Waals surface area contributed by atoms with Crippen LogP contribution in [0.25, 0.3) is 0 Å². The molecule has 1 saturated carbocycles. The van der Waals surface area contributed by atoms with Gasteiger partial charge in [0.25, 0.3) is 0 Å². The highest BCUT2D eigenvalue weighted by atomic mass is 19.4. The molecule has 0 aliphatic heterocycles. The van der Waals surface area contributed by atoms with Gasteiger partial charge >= 0.3 is 12.1 Å². The van der Waals surface area contributed by atoms with Crippen molar-refractivity contribution in [3.05, 3.63) is 42.1 Å². The molecule has 0 atom stereocenters. The number of aromatic carboxylic acids is 1. The van der Waals surface area contributed by atoms with Crippen LogP contribution < -0.4 is 0 Å². The molecule has 0 amide bonds. The average Bonchev–Trinajstić information content (AvgIpc) is 3.16. The molecule has 0 aromatic carbocycles. The van der Waals surface area contributed by atoms with Gasteiger partial charge in [-0.05, 0) is 44.2 Å². The smallest absolute Gasteiger partial charge is 0.389 e. The molecule has 1 aliphatic rings. The van der Waals surface area contributed by atoms with E-state index >= 15 is 0 Å². The van der Waals surface area contributed by atoms with Gasteiger partial charge in [0.15, 0.2) is 0 Å². The minimum atomic E-state index is -3.98. The first-order chi connectivity index (χ1) is 13.9. The minimum absolute atomic E-state index is 0.185. The van der Waals surface area contributed by atoms with Gasteiger partial charge in [0, 0.05) is 18.3 Å². The maximum Gasteiger partial charge on any atom is 0.389 e. The van der Waals surface area contributed by atoms with Crippen LogP contribution in [0.2, 0.25) is 0 Å². The number of carboxylic acids is 1. The Bertz CT molecular complexity index is 707. The van der Waals surface area contributed by atoms with Crippen LogP contribution in [-0.2, 0) is 6.42 Å². The molecule has 1 fully saturated rings. The molecule has 1 N–H and O–H groups in total. The van der Waals surface area contributed by atoms with E-state index in [9.17, 15) is 18.0 Å². The van der Waals surface area contributed by atoms with Crippen LogP contribution in [0.15, 0.2) is 35.3 Å². The number of unbranched alkanes of at least 4 members (excludes halogenated alkanes) is 6. The maximum absolute atomic E-state index is 12.0. The zero-order chi connectivity index (χ0) is 21.1. The highest BCUT2D eigenvalue weighted by Crippen LogP contribution is 2.35. The molecule has 0 radical (unpaired) electrons. The van der Waals surface area contributed by atoms with Gasteiger partial charge < -0.3 is 9.52 Å². The number of aromatic nitrogens is 2. The van der Waals surface area contributed by atoms with Crippen molar-refractivity contribution in [2.75, 3.05) is 0 Å². The molecular formula is C21H29F3N2O3. The molecule has 0 saturated heterocycles. The predicted molar refractivity (Wildman–Crippen MR) is 103 cm³/mol. The van der Waals surface area contributed by atoms with Crippen molar-refractivity contribution < 1.29 is 27.5 Å². The van der Waals surface area contributed by atoms with Crippen LogP contribution in [0.1, 0.15) is 86.3 Å². The van der Waals surface area contributed by atoms with Gasteiger partial charge in [0.2, 0.25) is 0 Å². The number of rotatable bonds is 11. The number of carboxylic acid groups (broad SMARTS) is 1. The number of nitrogens with zero attached hydrogens (tertiary/aromatic N) is 2. The van der Waals surface area contributed by atoms with E-state index in [0.29, 0.717) is 12.5 Å². The fraction of sp³-hybridized carbons (Fsp3) is 0.619. The van der Waals surface area contributed by atoms with Crippen molar-refractivity contribution in [1.29, 1.82) is 0 Å². The lowest BCUT2D eigenvalue weighted by Crippen LogP contribution is -2.06. The van der Waals surface area contributed by atoms with E-state index < -0.39 is 18.6 Å². The van der Waals surface area contributed by atoms with Crippen LogP contribution in [0.3, 0.4) is 0 Å². The van der Waals surface area contributed by atoms with Crippen molar-refractivity contribution in [2.45, 2.75) is 82.8 Å². The van der Waals surface area contributed by atoms with E-state index in [0.717, 1.165) is 38.5 Å². The number of aryl methyl sites for hydroxylation is 1. The van der Waals surface area contributed by atoms with E-state index in [4.69, 9.17) is 5.11 Å². The molecule has 2 aromatic rings. The number of hydrogen-bond donors (Lipinski definition) is 1. The maximum atomic E-state index is 12.0. The summed E-state index contributed by atoms with van der Waals surface area (Å²) >= 11 is 0. The van der Waals surface area contributed by atoms with Crippen molar-refractivity contribution in [3.63, 3.8) is 0 Å². The SMILES string of the molecule is FC(F)(F)CCCCCCCCCc1ccnn1C1CC1.O=C(O)c1ccoc1. The molecule has 2 heterocycles. The van der Waals surface area contributed by atoms with Gasteiger partial charge in [0.05, 0.1) is 17.9 Å². The molecule has 1 aliphatic carbocycles. The second-order valence-electron chi connectivity index (χ2n) is 7.41. The Morgan fingerprint density at radius 3 is 2.28 bits per heavy atom. The quantitative estimate of drug-likeness (QED) is 0.431. The summed E-state index contributed by atoms with van der Waals surface area (Å²) < 4.78 is 42.5. The molecule has 2 aromatic heterocycles. The van der Waals surface area contributed by atoms with E-state index in [1.165, 1.54) is 37.1 Å². The molecule has 8 heteroatoms. The van der Waals surface area contributed by atoms with Gasteiger partial charge in [-0.15, -0.1) is 0 Å². The Morgan fingerprint density at radius 2 is 1.76 bits per heavy atom. The Hall–Kier alpha value is -2.25. The normalized spacial score (nSPS) is 13.8. The van der Waals surface area contributed by atoms with Crippen LogP contribution in [0.5, 0.6) is 0 Å². The molecule has 29 heavy (non-hydrogen) atoms. The summed E-state index contributed by atoms with van der Waals surface area (Å²) in [4.78, 5) is 10.0. The van der Waals surface area contributed by atoms with E-state index in [1.807, 2.05) is 6.20 Å². The number of carbonyl (C=O) groups is 1. The zero-order valence-electron chi connectivity index (χ0n) is 16.5. The number of furan rings is 1. The van der Waals surface area contributed by atoms with E-state index in [1.54, 1.807) is 0 Å². The summed E-state index contributed by atoms with van der Waals surface area (Å²) in [7, 11) is 0. The minimum Gasteiger partial charge on any atom is -0.478 e. The standard InChI is InChI=1S/C16H25F3N2.C5H4O3/c17-16(18,19)12-7-5-3-1-2-4-6-8-14-11-13-20-21(14)15-9-10-15;6-5(7)4-1-2-8-3-4/h11,13,15H,1-10,12H2;1-3H,(H,6,7). The second kappa shape index (κ2) is 11.7. The van der Waals surface area contributed by atoms with E-state index in [2.05, 4.69) is 20.3 Å². The number of alkyl halides is 3. The molecule has 5 nitrogen and oxygen atoms in total. The van der Waals surface area contributed by atoms with Gasteiger partial charge in [-0.3, -0.25) is 4.68 Å². The van der Waals surface area contributed by atoms with E-state index in [-0.39, 0.29) is 12.0 Å². The third kappa shape index (κ3) is 9.67. The Balaban J connectivity index is 0.000000313. The fourth-order valence-corrected chi connectivity index (χ4v) is 3.09. The summed E-state index contributed by atoms with van der Waals surface area (Å²) in [6.07, 6.45) is 9.78. The topological polar surface area (TPSA) is 68.3 Å². The summed E-state index contributed by atoms with van der Waals surface area (Å²) in [6, 6.07) is 4.14. The van der Waals surface area contributed by atoms with Crippen molar-refractivity contribution in [2.24, 2.45) is 0 Å². The predicted octanol–water partition coefficient (Wildman–Crippen LogP) is 6.42. The first kappa shape index (κ1) is 23.0. The lowest BCUT2D eigenvalue weighted by Gasteiger charge is -2.06. The summed E-state index contributed by atoms with van der Waals surface area (Å²) in [5.74, 6) is -0.959. The van der Waals surface area contributed by atoms with Crippen molar-refractivity contribution in [3.8, 4) is 0 Å². The van der Waals surface area contributed by atoms with Crippen LogP contribution in [0, 0.1) is 0 Å². The highest BCUT2D eigenvalue weighted by Gasteiger charge is 2.26. The first-order valence-corrected chi connectivity index (χ1v) is 10.2. The molecule has 0 unspecified atom stereocenters. The number of halogens is 3. The molecular weight excluding hydrogens is 385 g/mol. The largest absolute Gasteiger partial charge is 0.478 e. The second-order valence-corrected chi connectivity index (χ2v) is 7.41. The molecule has 162 valence electrons. The molecule has 3 rings (SSSR count).